The predicted molar refractivity (Wildman–Crippen MR) is 105 cm³/mol. The molecule has 1 aromatic heterocycles. The topological polar surface area (TPSA) is 75.9 Å². The number of hydrogen-bond acceptors (Lipinski definition) is 5. The van der Waals surface area contributed by atoms with Crippen LogP contribution in [-0.2, 0) is 0 Å². The first kappa shape index (κ1) is 17.0. The molecule has 25 heavy (non-hydrogen) atoms. The minimum atomic E-state index is 0.446. The fourth-order valence-electron chi connectivity index (χ4n) is 2.53. The van der Waals surface area contributed by atoms with E-state index in [1.807, 2.05) is 44.2 Å². The Morgan fingerprint density at radius 3 is 2.20 bits per heavy atom. The Balaban J connectivity index is 1.91. The lowest BCUT2D eigenvalue weighted by Gasteiger charge is -2.15. The lowest BCUT2D eigenvalue weighted by Crippen LogP contribution is -2.06. The first-order valence-corrected chi connectivity index (χ1v) is 8.30. The highest BCUT2D eigenvalue weighted by Gasteiger charge is 2.11. The smallest absolute Gasteiger partial charge is 0.159 e. The fourth-order valence-corrected chi connectivity index (χ4v) is 2.70. The van der Waals surface area contributed by atoms with Gasteiger partial charge in [0.25, 0.3) is 0 Å². The molecule has 128 valence electrons. The Bertz CT molecular complexity index is 924. The molecule has 0 aliphatic heterocycles. The lowest BCUT2D eigenvalue weighted by molar-refractivity contribution is 1.17. The molecule has 0 fully saturated rings. The molecule has 0 atom stereocenters. The summed E-state index contributed by atoms with van der Waals surface area (Å²) >= 11 is 6.08. The van der Waals surface area contributed by atoms with Crippen molar-refractivity contribution in [2.24, 2.45) is 0 Å². The van der Waals surface area contributed by atoms with Crippen LogP contribution in [0, 0.1) is 20.8 Å². The van der Waals surface area contributed by atoms with E-state index in [0.29, 0.717) is 22.3 Å². The van der Waals surface area contributed by atoms with Crippen molar-refractivity contribution in [1.82, 2.24) is 9.97 Å². The minimum Gasteiger partial charge on any atom is -0.393 e. The number of anilines is 5. The number of rotatable bonds is 4. The van der Waals surface area contributed by atoms with Gasteiger partial charge in [0.1, 0.15) is 12.0 Å². The molecule has 1 heterocycles. The van der Waals surface area contributed by atoms with Gasteiger partial charge >= 0.3 is 0 Å². The normalized spacial score (nSPS) is 10.6. The number of hydrogen-bond donors (Lipinski definition) is 3. The summed E-state index contributed by atoms with van der Waals surface area (Å²) in [6, 6.07) is 11.8. The van der Waals surface area contributed by atoms with Gasteiger partial charge in [-0.1, -0.05) is 35.4 Å². The van der Waals surface area contributed by atoms with Gasteiger partial charge in [0.05, 0.1) is 0 Å². The Morgan fingerprint density at radius 1 is 0.840 bits per heavy atom. The van der Waals surface area contributed by atoms with Crippen molar-refractivity contribution in [3.63, 3.8) is 0 Å². The van der Waals surface area contributed by atoms with Gasteiger partial charge in [0.15, 0.2) is 11.6 Å². The van der Waals surface area contributed by atoms with Crippen molar-refractivity contribution in [2.45, 2.75) is 20.8 Å². The molecule has 0 aliphatic rings. The Morgan fingerprint density at radius 2 is 1.52 bits per heavy atom. The second-order valence-corrected chi connectivity index (χ2v) is 6.45. The van der Waals surface area contributed by atoms with Crippen LogP contribution < -0.4 is 16.4 Å². The number of nitrogens with zero attached hydrogens (tertiary/aromatic N) is 2. The van der Waals surface area contributed by atoms with Crippen LogP contribution in [0.1, 0.15) is 16.7 Å². The zero-order valence-electron chi connectivity index (χ0n) is 14.4. The molecule has 0 spiro atoms. The second kappa shape index (κ2) is 6.99. The number of aromatic nitrogens is 2. The van der Waals surface area contributed by atoms with Crippen LogP contribution in [0.5, 0.6) is 0 Å². The van der Waals surface area contributed by atoms with Crippen LogP contribution in [0.25, 0.3) is 0 Å². The average Bonchev–Trinajstić information content (AvgIpc) is 2.57. The highest BCUT2D eigenvalue weighted by molar-refractivity contribution is 6.30. The van der Waals surface area contributed by atoms with E-state index in [1.54, 1.807) is 0 Å². The Hall–Kier alpha value is -2.79. The monoisotopic (exact) mass is 353 g/mol. The lowest BCUT2D eigenvalue weighted by atomic mass is 10.1. The summed E-state index contributed by atoms with van der Waals surface area (Å²) in [6.07, 6.45) is 1.48. The van der Waals surface area contributed by atoms with Gasteiger partial charge in [-0.05, 0) is 50.1 Å². The average molecular weight is 354 g/mol. The van der Waals surface area contributed by atoms with E-state index in [9.17, 15) is 0 Å². The molecular formula is C19H20ClN5. The van der Waals surface area contributed by atoms with Crippen LogP contribution in [0.4, 0.5) is 28.7 Å². The number of aryl methyl sites for hydroxylation is 3. The summed E-state index contributed by atoms with van der Waals surface area (Å²) in [4.78, 5) is 8.52. The van der Waals surface area contributed by atoms with E-state index >= 15 is 0 Å². The van der Waals surface area contributed by atoms with Gasteiger partial charge < -0.3 is 16.4 Å². The summed E-state index contributed by atoms with van der Waals surface area (Å²) in [5.74, 6) is 1.09. The summed E-state index contributed by atoms with van der Waals surface area (Å²) in [7, 11) is 0. The van der Waals surface area contributed by atoms with Crippen molar-refractivity contribution in [3.05, 3.63) is 64.4 Å². The van der Waals surface area contributed by atoms with Crippen LogP contribution in [0.15, 0.2) is 42.7 Å². The first-order valence-electron chi connectivity index (χ1n) is 7.92. The zero-order valence-corrected chi connectivity index (χ0v) is 15.1. The third kappa shape index (κ3) is 3.83. The molecule has 0 aliphatic carbocycles. The van der Waals surface area contributed by atoms with E-state index in [2.05, 4.69) is 33.6 Å². The highest BCUT2D eigenvalue weighted by Crippen LogP contribution is 2.31. The van der Waals surface area contributed by atoms with Gasteiger partial charge in [-0.25, -0.2) is 9.97 Å². The minimum absolute atomic E-state index is 0.446. The van der Waals surface area contributed by atoms with E-state index in [4.69, 9.17) is 17.3 Å². The first-order chi connectivity index (χ1) is 11.9. The maximum atomic E-state index is 6.26. The maximum absolute atomic E-state index is 6.26. The Labute approximate surface area is 152 Å². The summed E-state index contributed by atoms with van der Waals surface area (Å²) in [5.41, 5.74) is 11.9. The van der Waals surface area contributed by atoms with E-state index < -0.39 is 0 Å². The second-order valence-electron chi connectivity index (χ2n) is 6.01. The largest absolute Gasteiger partial charge is 0.393 e. The van der Waals surface area contributed by atoms with Gasteiger partial charge in [0, 0.05) is 16.4 Å². The zero-order chi connectivity index (χ0) is 18.0. The molecular weight excluding hydrogens is 334 g/mol. The molecule has 3 aromatic rings. The number of nitrogen functional groups attached to an aromatic ring is 1. The van der Waals surface area contributed by atoms with Crippen LogP contribution in [-0.4, -0.2) is 9.97 Å². The van der Waals surface area contributed by atoms with Gasteiger partial charge in [-0.2, -0.15) is 0 Å². The molecule has 3 rings (SSSR count). The van der Waals surface area contributed by atoms with Crippen molar-refractivity contribution in [3.8, 4) is 0 Å². The van der Waals surface area contributed by atoms with Crippen molar-refractivity contribution in [2.75, 3.05) is 16.4 Å². The number of benzene rings is 2. The fraction of sp³-hybridized carbons (Fsp3) is 0.158. The molecule has 6 heteroatoms. The third-order valence-electron chi connectivity index (χ3n) is 3.97. The summed E-state index contributed by atoms with van der Waals surface area (Å²) in [5, 5.41) is 7.16. The van der Waals surface area contributed by atoms with Crippen LogP contribution in [0.2, 0.25) is 5.02 Å². The quantitative estimate of drug-likeness (QED) is 0.606. The summed E-state index contributed by atoms with van der Waals surface area (Å²) in [6.45, 7) is 6.09. The van der Waals surface area contributed by atoms with Gasteiger partial charge in [0.2, 0.25) is 0 Å². The molecule has 2 aromatic carbocycles. The van der Waals surface area contributed by atoms with E-state index in [0.717, 1.165) is 22.5 Å². The van der Waals surface area contributed by atoms with Gasteiger partial charge in [-0.15, -0.1) is 0 Å². The maximum Gasteiger partial charge on any atom is 0.159 e. The molecule has 0 amide bonds. The van der Waals surface area contributed by atoms with Crippen molar-refractivity contribution >= 4 is 40.3 Å². The van der Waals surface area contributed by atoms with Crippen molar-refractivity contribution < 1.29 is 0 Å². The molecule has 4 N–H and O–H groups in total. The van der Waals surface area contributed by atoms with Crippen LogP contribution in [0.3, 0.4) is 0 Å². The SMILES string of the molecule is Cc1ccc(Nc2ncnc(Nc3cc(Cl)ccc3C)c2N)c(C)c1. The van der Waals surface area contributed by atoms with E-state index in [1.165, 1.54) is 11.9 Å². The van der Waals surface area contributed by atoms with Crippen molar-refractivity contribution in [1.29, 1.82) is 0 Å². The third-order valence-corrected chi connectivity index (χ3v) is 4.21. The predicted octanol–water partition coefficient (Wildman–Crippen LogP) is 5.12. The van der Waals surface area contributed by atoms with E-state index in [-0.39, 0.29) is 0 Å². The summed E-state index contributed by atoms with van der Waals surface area (Å²) < 4.78 is 0. The highest BCUT2D eigenvalue weighted by atomic mass is 35.5. The number of halogens is 1. The van der Waals surface area contributed by atoms with Gasteiger partial charge in [-0.3, -0.25) is 0 Å². The molecule has 0 unspecified atom stereocenters. The van der Waals surface area contributed by atoms with Crippen LogP contribution >= 0.6 is 11.6 Å². The molecule has 5 nitrogen and oxygen atoms in total. The standard InChI is InChI=1S/C19H20ClN5/c1-11-4-7-15(13(3)8-11)24-18-17(21)19(23-10-22-18)25-16-9-14(20)6-5-12(16)2/h4-10H,21H2,1-3H3,(H2,22,23,24,25). The molecule has 0 radical (unpaired) electrons. The molecule has 0 saturated heterocycles. The Kier molecular flexibility index (Phi) is 4.76. The number of nitrogens with one attached hydrogen (secondary N) is 2. The molecule has 0 saturated carbocycles. The molecule has 0 bridgehead atoms. The number of nitrogens with two attached hydrogens (primary N) is 1.